The number of anilines is 1. The Morgan fingerprint density at radius 1 is 0.969 bits per heavy atom. The van der Waals surface area contributed by atoms with E-state index >= 15 is 0 Å². The van der Waals surface area contributed by atoms with Crippen LogP contribution in [0.1, 0.15) is 29.7 Å². The van der Waals surface area contributed by atoms with Gasteiger partial charge in [0.25, 0.3) is 5.56 Å². The number of rotatable bonds is 5. The van der Waals surface area contributed by atoms with E-state index in [0.29, 0.717) is 24.7 Å². The molecule has 0 aliphatic carbocycles. The smallest absolute Gasteiger partial charge is 0.255 e. The summed E-state index contributed by atoms with van der Waals surface area (Å²) in [5.74, 6) is 0.562. The van der Waals surface area contributed by atoms with Gasteiger partial charge >= 0.3 is 0 Å². The van der Waals surface area contributed by atoms with Crippen molar-refractivity contribution in [1.82, 2.24) is 19.5 Å². The summed E-state index contributed by atoms with van der Waals surface area (Å²) in [4.78, 5) is 28.1. The lowest BCUT2D eigenvalue weighted by atomic mass is 10.00. The molecule has 0 fully saturated rings. The standard InChI is InChI=1S/C25H23N5O2/c31-23(20-4-2-1-3-5-20)17-30-22(19-8-13-27-14-9-19)10-15-29-24(32)16-21(28-25(29)30)18-6-11-26-12-7-18/h1-9,11-14,16,22-23,31H,10,15,17H2. The second kappa shape index (κ2) is 8.72. The molecule has 0 amide bonds. The van der Waals surface area contributed by atoms with Gasteiger partial charge in [-0.1, -0.05) is 30.3 Å². The molecule has 0 spiro atoms. The van der Waals surface area contributed by atoms with Gasteiger partial charge in [-0.25, -0.2) is 4.98 Å². The monoisotopic (exact) mass is 425 g/mol. The molecule has 0 bridgehead atoms. The average molecular weight is 425 g/mol. The minimum Gasteiger partial charge on any atom is -0.387 e. The second-order valence-electron chi connectivity index (χ2n) is 7.83. The van der Waals surface area contributed by atoms with E-state index in [-0.39, 0.29) is 11.6 Å². The first-order valence-electron chi connectivity index (χ1n) is 10.6. The van der Waals surface area contributed by atoms with E-state index < -0.39 is 6.10 Å². The normalized spacial score (nSPS) is 16.4. The van der Waals surface area contributed by atoms with Crippen LogP contribution in [-0.2, 0) is 6.54 Å². The molecule has 1 aliphatic heterocycles. The summed E-state index contributed by atoms with van der Waals surface area (Å²) in [7, 11) is 0. The van der Waals surface area contributed by atoms with Crippen molar-refractivity contribution in [3.63, 3.8) is 0 Å². The zero-order valence-corrected chi connectivity index (χ0v) is 17.5. The van der Waals surface area contributed by atoms with Crippen molar-refractivity contribution in [3.8, 4) is 11.3 Å². The molecular formula is C25H23N5O2. The first-order chi connectivity index (χ1) is 15.7. The van der Waals surface area contributed by atoms with Gasteiger partial charge in [-0.3, -0.25) is 19.3 Å². The van der Waals surface area contributed by atoms with Crippen molar-refractivity contribution in [3.05, 3.63) is 107 Å². The molecule has 0 saturated carbocycles. The van der Waals surface area contributed by atoms with Crippen molar-refractivity contribution < 1.29 is 5.11 Å². The zero-order chi connectivity index (χ0) is 21.9. The van der Waals surface area contributed by atoms with Gasteiger partial charge in [-0.05, 0) is 41.8 Å². The van der Waals surface area contributed by atoms with Crippen molar-refractivity contribution in [1.29, 1.82) is 0 Å². The Bertz CT molecular complexity index is 1250. The van der Waals surface area contributed by atoms with E-state index in [9.17, 15) is 9.90 Å². The topological polar surface area (TPSA) is 84.1 Å². The third kappa shape index (κ3) is 3.90. The number of β-amino-alcohol motifs (C(OH)–C–C–N with tert-alkyl or cyclic N) is 1. The van der Waals surface area contributed by atoms with Crippen LogP contribution in [0.15, 0.2) is 90.2 Å². The summed E-state index contributed by atoms with van der Waals surface area (Å²) >= 11 is 0. The minimum atomic E-state index is -0.728. The Kier molecular flexibility index (Phi) is 5.47. The van der Waals surface area contributed by atoms with Crippen molar-refractivity contribution in [2.75, 3.05) is 11.4 Å². The Morgan fingerprint density at radius 2 is 1.66 bits per heavy atom. The van der Waals surface area contributed by atoms with Crippen LogP contribution in [0.4, 0.5) is 5.95 Å². The van der Waals surface area contributed by atoms with E-state index in [4.69, 9.17) is 4.98 Å². The Labute approximate surface area is 185 Å². The van der Waals surface area contributed by atoms with Gasteiger partial charge in [0.15, 0.2) is 0 Å². The van der Waals surface area contributed by atoms with E-state index in [1.54, 1.807) is 35.4 Å². The number of pyridine rings is 2. The second-order valence-corrected chi connectivity index (χ2v) is 7.83. The van der Waals surface area contributed by atoms with Gasteiger partial charge in [-0.2, -0.15) is 0 Å². The van der Waals surface area contributed by atoms with Crippen LogP contribution in [0.2, 0.25) is 0 Å². The van der Waals surface area contributed by atoms with Gasteiger partial charge in [0.05, 0.1) is 24.4 Å². The maximum absolute atomic E-state index is 13.0. The van der Waals surface area contributed by atoms with Crippen molar-refractivity contribution in [2.45, 2.75) is 25.1 Å². The largest absolute Gasteiger partial charge is 0.387 e. The molecule has 2 unspecified atom stereocenters. The van der Waals surface area contributed by atoms with Gasteiger partial charge in [0.2, 0.25) is 5.95 Å². The third-order valence-corrected chi connectivity index (χ3v) is 5.87. The van der Waals surface area contributed by atoms with Crippen LogP contribution < -0.4 is 10.5 Å². The predicted octanol–water partition coefficient (Wildman–Crippen LogP) is 3.39. The SMILES string of the molecule is O=c1cc(-c2ccncc2)nc2n1CCC(c1ccncc1)N2CC(O)c1ccccc1. The summed E-state index contributed by atoms with van der Waals surface area (Å²) in [5, 5.41) is 11.0. The van der Waals surface area contributed by atoms with Crippen molar-refractivity contribution in [2.24, 2.45) is 0 Å². The fourth-order valence-electron chi connectivity index (χ4n) is 4.25. The molecule has 7 nitrogen and oxygen atoms in total. The maximum Gasteiger partial charge on any atom is 0.255 e. The van der Waals surface area contributed by atoms with Gasteiger partial charge < -0.3 is 10.0 Å². The van der Waals surface area contributed by atoms with Crippen molar-refractivity contribution >= 4 is 5.95 Å². The van der Waals surface area contributed by atoms with Crippen LogP contribution in [0.25, 0.3) is 11.3 Å². The molecule has 1 aromatic carbocycles. The van der Waals surface area contributed by atoms with Crippen LogP contribution in [-0.4, -0.2) is 31.2 Å². The summed E-state index contributed by atoms with van der Waals surface area (Å²) in [6.45, 7) is 0.867. The number of nitrogens with zero attached hydrogens (tertiary/aromatic N) is 5. The van der Waals surface area contributed by atoms with Crippen LogP contribution in [0.5, 0.6) is 0 Å². The third-order valence-electron chi connectivity index (χ3n) is 5.87. The number of hydrogen-bond acceptors (Lipinski definition) is 6. The molecule has 4 aromatic rings. The number of aromatic nitrogens is 4. The molecule has 0 saturated heterocycles. The quantitative estimate of drug-likeness (QED) is 0.528. The van der Waals surface area contributed by atoms with Crippen LogP contribution in [0, 0.1) is 0 Å². The molecule has 2 atom stereocenters. The van der Waals surface area contributed by atoms with Crippen LogP contribution in [0.3, 0.4) is 0 Å². The molecule has 32 heavy (non-hydrogen) atoms. The minimum absolute atomic E-state index is 0.0315. The van der Waals surface area contributed by atoms with Crippen LogP contribution >= 0.6 is 0 Å². The fraction of sp³-hybridized carbons (Fsp3) is 0.200. The summed E-state index contributed by atoms with van der Waals surface area (Å²) < 4.78 is 1.69. The average Bonchev–Trinajstić information content (AvgIpc) is 2.86. The Morgan fingerprint density at radius 3 is 2.38 bits per heavy atom. The highest BCUT2D eigenvalue weighted by Gasteiger charge is 2.31. The molecule has 5 rings (SSSR count). The lowest BCUT2D eigenvalue weighted by Gasteiger charge is -2.39. The van der Waals surface area contributed by atoms with E-state index in [2.05, 4.69) is 9.97 Å². The number of aliphatic hydroxyl groups excluding tert-OH is 1. The molecular weight excluding hydrogens is 402 g/mol. The van der Waals surface area contributed by atoms with Gasteiger partial charge in [-0.15, -0.1) is 0 Å². The maximum atomic E-state index is 13.0. The van der Waals surface area contributed by atoms with E-state index in [1.165, 1.54) is 0 Å². The Hall–Kier alpha value is -3.84. The number of hydrogen-bond donors (Lipinski definition) is 1. The summed E-state index contributed by atoms with van der Waals surface area (Å²) in [6.07, 6.45) is 6.91. The number of benzene rings is 1. The highest BCUT2D eigenvalue weighted by atomic mass is 16.3. The Balaban J connectivity index is 1.61. The zero-order valence-electron chi connectivity index (χ0n) is 17.5. The fourth-order valence-corrected chi connectivity index (χ4v) is 4.25. The van der Waals surface area contributed by atoms with E-state index in [1.807, 2.05) is 59.5 Å². The van der Waals surface area contributed by atoms with Gasteiger partial charge in [0.1, 0.15) is 0 Å². The molecule has 0 radical (unpaired) electrons. The highest BCUT2D eigenvalue weighted by Crippen LogP contribution is 2.35. The lowest BCUT2D eigenvalue weighted by Crippen LogP contribution is -2.42. The molecule has 1 N–H and O–H groups in total. The van der Waals surface area contributed by atoms with E-state index in [0.717, 1.165) is 23.1 Å². The number of aliphatic hydroxyl groups is 1. The number of fused-ring (bicyclic) bond motifs is 1. The molecule has 4 heterocycles. The molecule has 7 heteroatoms. The first-order valence-corrected chi connectivity index (χ1v) is 10.6. The first kappa shape index (κ1) is 20.1. The van der Waals surface area contributed by atoms with Gasteiger partial charge in [0, 0.05) is 43.0 Å². The molecule has 3 aromatic heterocycles. The molecule has 160 valence electrons. The summed E-state index contributed by atoms with van der Waals surface area (Å²) in [6, 6.07) is 18.7. The predicted molar refractivity (Wildman–Crippen MR) is 122 cm³/mol. The lowest BCUT2D eigenvalue weighted by molar-refractivity contribution is 0.176. The summed E-state index contributed by atoms with van der Waals surface area (Å²) in [5.41, 5.74) is 3.23. The highest BCUT2D eigenvalue weighted by molar-refractivity contribution is 5.60. The molecule has 1 aliphatic rings.